The third-order valence-corrected chi connectivity index (χ3v) is 4.28. The Morgan fingerprint density at radius 1 is 1.37 bits per heavy atom. The van der Waals surface area contributed by atoms with E-state index < -0.39 is 11.9 Å². The molecule has 6 heteroatoms. The summed E-state index contributed by atoms with van der Waals surface area (Å²) in [5.41, 5.74) is 6.17. The highest BCUT2D eigenvalue weighted by Crippen LogP contribution is 2.29. The van der Waals surface area contributed by atoms with Crippen LogP contribution in [0.5, 0.6) is 0 Å². The fourth-order valence-electron chi connectivity index (χ4n) is 2.39. The van der Waals surface area contributed by atoms with Crippen LogP contribution in [0.3, 0.4) is 0 Å². The maximum Gasteiger partial charge on any atom is 0.240 e. The van der Waals surface area contributed by atoms with Crippen LogP contribution in [0, 0.1) is 11.8 Å². The molecule has 2 rings (SSSR count). The zero-order chi connectivity index (χ0) is 14.2. The molecule has 0 saturated carbocycles. The standard InChI is InChI=1S/C13H14Cl2N2O2/c1-6-8(13(19)17-11(6)12(16)18)4-7-2-3-9(14)10(15)5-7/h2-3,5-6,8,11H,4H2,1H3,(H2,16,18)(H,17,19)/t6-,8?,11?/m0/s1. The molecule has 0 bridgehead atoms. The number of benzene rings is 1. The highest BCUT2D eigenvalue weighted by atomic mass is 35.5. The van der Waals surface area contributed by atoms with Gasteiger partial charge in [0.15, 0.2) is 0 Å². The summed E-state index contributed by atoms with van der Waals surface area (Å²) in [7, 11) is 0. The van der Waals surface area contributed by atoms with Crippen LogP contribution in [0.15, 0.2) is 18.2 Å². The Hall–Kier alpha value is -1.26. The number of primary amides is 1. The Morgan fingerprint density at radius 2 is 2.05 bits per heavy atom. The normalized spacial score (nSPS) is 26.3. The first-order valence-corrected chi connectivity index (χ1v) is 6.69. The lowest BCUT2D eigenvalue weighted by Crippen LogP contribution is -2.40. The summed E-state index contributed by atoms with van der Waals surface area (Å²) >= 11 is 11.8. The molecule has 0 aromatic heterocycles. The molecule has 1 fully saturated rings. The van der Waals surface area contributed by atoms with E-state index in [9.17, 15) is 9.59 Å². The summed E-state index contributed by atoms with van der Waals surface area (Å²) in [6.07, 6.45) is 0.508. The number of hydrogen-bond acceptors (Lipinski definition) is 2. The number of hydrogen-bond donors (Lipinski definition) is 2. The summed E-state index contributed by atoms with van der Waals surface area (Å²) in [5.74, 6) is -1.07. The molecule has 1 aromatic carbocycles. The SMILES string of the molecule is C[C@H]1C(Cc2ccc(Cl)c(Cl)c2)C(=O)NC1C(N)=O. The van der Waals surface area contributed by atoms with Crippen molar-refractivity contribution in [3.05, 3.63) is 33.8 Å². The van der Waals surface area contributed by atoms with Gasteiger partial charge in [-0.05, 0) is 30.0 Å². The molecule has 1 aliphatic rings. The molecule has 1 aliphatic heterocycles. The van der Waals surface area contributed by atoms with Crippen LogP contribution in [-0.2, 0) is 16.0 Å². The Morgan fingerprint density at radius 3 is 2.58 bits per heavy atom. The van der Waals surface area contributed by atoms with Crippen molar-refractivity contribution >= 4 is 35.0 Å². The number of rotatable bonds is 3. The molecule has 0 radical (unpaired) electrons. The molecule has 2 amide bonds. The van der Waals surface area contributed by atoms with Crippen LogP contribution >= 0.6 is 23.2 Å². The van der Waals surface area contributed by atoms with Gasteiger partial charge in [-0.2, -0.15) is 0 Å². The number of halogens is 2. The Kier molecular flexibility index (Phi) is 4.02. The maximum atomic E-state index is 11.9. The number of carbonyl (C=O) groups excluding carboxylic acids is 2. The zero-order valence-corrected chi connectivity index (χ0v) is 11.8. The van der Waals surface area contributed by atoms with E-state index in [0.717, 1.165) is 5.56 Å². The summed E-state index contributed by atoms with van der Waals surface area (Å²) in [6.45, 7) is 1.84. The summed E-state index contributed by atoms with van der Waals surface area (Å²) < 4.78 is 0. The minimum atomic E-state index is -0.597. The average Bonchev–Trinajstić information content (AvgIpc) is 2.62. The van der Waals surface area contributed by atoms with Crippen LogP contribution in [0.25, 0.3) is 0 Å². The van der Waals surface area contributed by atoms with Crippen LogP contribution < -0.4 is 11.1 Å². The van der Waals surface area contributed by atoms with E-state index in [1.54, 1.807) is 12.1 Å². The van der Waals surface area contributed by atoms with Crippen LogP contribution in [0.2, 0.25) is 10.0 Å². The van der Waals surface area contributed by atoms with Crippen molar-refractivity contribution in [1.29, 1.82) is 0 Å². The number of carbonyl (C=O) groups is 2. The Bertz CT molecular complexity index is 533. The number of nitrogens with two attached hydrogens (primary N) is 1. The second kappa shape index (κ2) is 5.39. The fraction of sp³-hybridized carbons (Fsp3) is 0.385. The topological polar surface area (TPSA) is 72.2 Å². The predicted octanol–water partition coefficient (Wildman–Crippen LogP) is 1.77. The molecule has 1 aromatic rings. The summed E-state index contributed by atoms with van der Waals surface area (Å²) in [5, 5.41) is 3.56. The molecule has 2 unspecified atom stereocenters. The molecule has 1 saturated heterocycles. The van der Waals surface area contributed by atoms with E-state index >= 15 is 0 Å². The predicted molar refractivity (Wildman–Crippen MR) is 73.9 cm³/mol. The van der Waals surface area contributed by atoms with E-state index in [1.165, 1.54) is 0 Å². The molecule has 3 N–H and O–H groups in total. The molecule has 0 aliphatic carbocycles. The van der Waals surface area contributed by atoms with Gasteiger partial charge in [0.2, 0.25) is 11.8 Å². The number of amides is 2. The van der Waals surface area contributed by atoms with Gasteiger partial charge in [-0.1, -0.05) is 36.2 Å². The van der Waals surface area contributed by atoms with E-state index in [4.69, 9.17) is 28.9 Å². The van der Waals surface area contributed by atoms with Crippen molar-refractivity contribution in [3.63, 3.8) is 0 Å². The van der Waals surface area contributed by atoms with E-state index in [-0.39, 0.29) is 17.7 Å². The van der Waals surface area contributed by atoms with Gasteiger partial charge in [0.05, 0.1) is 10.0 Å². The van der Waals surface area contributed by atoms with Crippen molar-refractivity contribution in [2.75, 3.05) is 0 Å². The molecular weight excluding hydrogens is 287 g/mol. The Labute approximate surface area is 121 Å². The van der Waals surface area contributed by atoms with Crippen molar-refractivity contribution in [2.45, 2.75) is 19.4 Å². The second-order valence-electron chi connectivity index (χ2n) is 4.81. The van der Waals surface area contributed by atoms with Crippen LogP contribution in [-0.4, -0.2) is 17.9 Å². The Balaban J connectivity index is 2.16. The summed E-state index contributed by atoms with van der Waals surface area (Å²) in [6, 6.07) is 4.66. The van der Waals surface area contributed by atoms with Crippen LogP contribution in [0.1, 0.15) is 12.5 Å². The van der Waals surface area contributed by atoms with Gasteiger partial charge in [-0.25, -0.2) is 0 Å². The molecule has 1 heterocycles. The molecular formula is C13H14Cl2N2O2. The van der Waals surface area contributed by atoms with Gasteiger partial charge in [-0.15, -0.1) is 0 Å². The van der Waals surface area contributed by atoms with Gasteiger partial charge in [0.1, 0.15) is 6.04 Å². The third kappa shape index (κ3) is 2.85. The van der Waals surface area contributed by atoms with Crippen molar-refractivity contribution in [3.8, 4) is 0 Å². The van der Waals surface area contributed by atoms with Gasteiger partial charge in [0.25, 0.3) is 0 Å². The van der Waals surface area contributed by atoms with E-state index in [0.29, 0.717) is 16.5 Å². The van der Waals surface area contributed by atoms with Gasteiger partial charge in [-0.3, -0.25) is 9.59 Å². The zero-order valence-electron chi connectivity index (χ0n) is 10.3. The maximum absolute atomic E-state index is 11.9. The smallest absolute Gasteiger partial charge is 0.240 e. The molecule has 19 heavy (non-hydrogen) atoms. The van der Waals surface area contributed by atoms with Crippen molar-refractivity contribution in [2.24, 2.45) is 17.6 Å². The fourth-order valence-corrected chi connectivity index (χ4v) is 2.71. The van der Waals surface area contributed by atoms with Gasteiger partial charge in [0, 0.05) is 5.92 Å². The minimum absolute atomic E-state index is 0.139. The molecule has 0 spiro atoms. The first-order chi connectivity index (χ1) is 8.90. The lowest BCUT2D eigenvalue weighted by Gasteiger charge is -2.15. The second-order valence-corrected chi connectivity index (χ2v) is 5.62. The quantitative estimate of drug-likeness (QED) is 0.893. The summed E-state index contributed by atoms with van der Waals surface area (Å²) in [4.78, 5) is 23.1. The highest BCUT2D eigenvalue weighted by molar-refractivity contribution is 6.42. The lowest BCUT2D eigenvalue weighted by molar-refractivity contribution is -0.125. The van der Waals surface area contributed by atoms with Crippen molar-refractivity contribution < 1.29 is 9.59 Å². The van der Waals surface area contributed by atoms with Crippen LogP contribution in [0.4, 0.5) is 0 Å². The van der Waals surface area contributed by atoms with Crippen molar-refractivity contribution in [1.82, 2.24) is 5.32 Å². The highest BCUT2D eigenvalue weighted by Gasteiger charge is 2.41. The van der Waals surface area contributed by atoms with E-state index in [2.05, 4.69) is 5.32 Å². The molecule has 3 atom stereocenters. The number of nitrogens with one attached hydrogen (secondary N) is 1. The van der Waals surface area contributed by atoms with E-state index in [1.807, 2.05) is 13.0 Å². The van der Waals surface area contributed by atoms with Gasteiger partial charge >= 0.3 is 0 Å². The minimum Gasteiger partial charge on any atom is -0.368 e. The average molecular weight is 301 g/mol. The monoisotopic (exact) mass is 300 g/mol. The van der Waals surface area contributed by atoms with Gasteiger partial charge < -0.3 is 11.1 Å². The first-order valence-electron chi connectivity index (χ1n) is 5.93. The lowest BCUT2D eigenvalue weighted by atomic mass is 9.87. The third-order valence-electron chi connectivity index (χ3n) is 3.54. The molecule has 102 valence electrons. The first kappa shape index (κ1) is 14.2. The molecule has 4 nitrogen and oxygen atoms in total. The largest absolute Gasteiger partial charge is 0.368 e.